The molecule has 3 N–H and O–H groups in total. The summed E-state index contributed by atoms with van der Waals surface area (Å²) in [6.45, 7) is 0. The maximum atomic E-state index is 8.84. The predicted molar refractivity (Wildman–Crippen MR) is 67.9 cm³/mol. The Balaban J connectivity index is 2.54. The lowest BCUT2D eigenvalue weighted by Crippen LogP contribution is -2.13. The van der Waals surface area contributed by atoms with E-state index in [2.05, 4.69) is 5.16 Å². The second kappa shape index (κ2) is 5.03. The molecule has 6 nitrogen and oxygen atoms in total. The number of rotatable bonds is 3. The van der Waals surface area contributed by atoms with Gasteiger partial charge in [0.1, 0.15) is 5.69 Å². The summed E-state index contributed by atoms with van der Waals surface area (Å²) in [5.74, 6) is -1.27. The molecule has 19 heavy (non-hydrogen) atoms. The highest BCUT2D eigenvalue weighted by Gasteiger charge is 2.25. The Hall–Kier alpha value is -3.12. The predicted octanol–water partition coefficient (Wildman–Crippen LogP) is 1.96. The van der Waals surface area contributed by atoms with E-state index in [9.17, 15) is 0 Å². The van der Waals surface area contributed by atoms with Crippen molar-refractivity contribution in [2.75, 3.05) is 5.73 Å². The molecule has 1 heterocycles. The molecule has 0 saturated carbocycles. The Bertz CT molecular complexity index is 676. The molecular weight excluding hydrogens is 242 g/mol. The van der Waals surface area contributed by atoms with Gasteiger partial charge in [-0.25, -0.2) is 0 Å². The van der Waals surface area contributed by atoms with Crippen molar-refractivity contribution in [3.63, 3.8) is 0 Å². The number of nitriles is 2. The first-order valence-electron chi connectivity index (χ1n) is 5.37. The van der Waals surface area contributed by atoms with Gasteiger partial charge in [0.05, 0.1) is 23.4 Å². The summed E-state index contributed by atoms with van der Waals surface area (Å²) in [6, 6.07) is 12.5. The zero-order valence-electron chi connectivity index (χ0n) is 9.79. The number of hydrogen-bond acceptors (Lipinski definition) is 6. The molecule has 0 amide bonds. The number of nitrogens with two attached hydrogens (primary N) is 1. The lowest BCUT2D eigenvalue weighted by atomic mass is 9.96. The van der Waals surface area contributed by atoms with Gasteiger partial charge >= 0.3 is 0 Å². The fourth-order valence-corrected chi connectivity index (χ4v) is 1.66. The van der Waals surface area contributed by atoms with Crippen LogP contribution in [0.3, 0.4) is 0 Å². The van der Waals surface area contributed by atoms with Gasteiger partial charge in [-0.05, 0) is 0 Å². The molecule has 0 aliphatic carbocycles. The summed E-state index contributed by atoms with van der Waals surface area (Å²) in [4.78, 5) is 0. The second-order valence-electron chi connectivity index (χ2n) is 3.74. The van der Waals surface area contributed by atoms with Crippen LogP contribution in [0.4, 0.5) is 5.88 Å². The number of benzene rings is 1. The van der Waals surface area contributed by atoms with E-state index >= 15 is 0 Å². The number of aromatic nitrogens is 1. The van der Waals surface area contributed by atoms with E-state index in [1.165, 1.54) is 0 Å². The van der Waals surface area contributed by atoms with Crippen LogP contribution >= 0.6 is 0 Å². The van der Waals surface area contributed by atoms with Gasteiger partial charge in [0.25, 0.3) is 0 Å². The van der Waals surface area contributed by atoms with Crippen LogP contribution in [0.5, 0.6) is 0 Å². The Morgan fingerprint density at radius 2 is 1.89 bits per heavy atom. The average Bonchev–Trinajstić information content (AvgIpc) is 2.83. The highest BCUT2D eigenvalue weighted by Crippen LogP contribution is 2.28. The number of nitrogen functional groups attached to an aromatic ring is 1. The standard InChI is InChI=1S/C13H9N5O/c14-6-9(7-15)11(16)10-12(18-19-13(10)17)8-4-2-1-3-5-8/h1-5,9,16H,17H2. The maximum absolute atomic E-state index is 8.84. The van der Waals surface area contributed by atoms with Gasteiger partial charge in [0.15, 0.2) is 5.92 Å². The molecule has 2 aromatic rings. The van der Waals surface area contributed by atoms with Crippen molar-refractivity contribution in [3.8, 4) is 23.4 Å². The Kier molecular flexibility index (Phi) is 3.26. The molecule has 0 saturated heterocycles. The summed E-state index contributed by atoms with van der Waals surface area (Å²) in [5.41, 5.74) is 6.69. The molecular formula is C13H9N5O. The number of nitrogens with one attached hydrogen (secondary N) is 1. The molecule has 2 rings (SSSR count). The smallest absolute Gasteiger partial charge is 0.231 e. The lowest BCUT2D eigenvalue weighted by Gasteiger charge is -2.04. The largest absolute Gasteiger partial charge is 0.367 e. The fraction of sp³-hybridized carbons (Fsp3) is 0.0769. The maximum Gasteiger partial charge on any atom is 0.231 e. The summed E-state index contributed by atoms with van der Waals surface area (Å²) < 4.78 is 4.88. The van der Waals surface area contributed by atoms with E-state index in [0.717, 1.165) is 0 Å². The van der Waals surface area contributed by atoms with Crippen molar-refractivity contribution in [2.24, 2.45) is 5.92 Å². The van der Waals surface area contributed by atoms with Crippen LogP contribution in [0.2, 0.25) is 0 Å². The highest BCUT2D eigenvalue weighted by molar-refractivity contribution is 6.10. The Labute approximate surface area is 109 Å². The molecule has 0 atom stereocenters. The van der Waals surface area contributed by atoms with Gasteiger partial charge < -0.3 is 15.7 Å². The molecule has 0 bridgehead atoms. The third kappa shape index (κ3) is 2.15. The van der Waals surface area contributed by atoms with Gasteiger partial charge in [-0.1, -0.05) is 35.5 Å². The number of hydrogen-bond donors (Lipinski definition) is 2. The zero-order valence-corrected chi connectivity index (χ0v) is 9.79. The first-order valence-corrected chi connectivity index (χ1v) is 5.37. The summed E-state index contributed by atoms with van der Waals surface area (Å²) >= 11 is 0. The van der Waals surface area contributed by atoms with Crippen LogP contribution < -0.4 is 5.73 Å². The van der Waals surface area contributed by atoms with Crippen LogP contribution in [0.25, 0.3) is 11.3 Å². The van der Waals surface area contributed by atoms with Gasteiger partial charge in [-0.3, -0.25) is 0 Å². The van der Waals surface area contributed by atoms with Crippen molar-refractivity contribution in [2.45, 2.75) is 0 Å². The van der Waals surface area contributed by atoms with E-state index in [0.29, 0.717) is 11.3 Å². The van der Waals surface area contributed by atoms with E-state index in [1.54, 1.807) is 36.4 Å². The Morgan fingerprint density at radius 3 is 2.47 bits per heavy atom. The molecule has 0 unspecified atom stereocenters. The van der Waals surface area contributed by atoms with E-state index in [-0.39, 0.29) is 17.2 Å². The third-order valence-corrected chi connectivity index (χ3v) is 2.58. The molecule has 0 radical (unpaired) electrons. The molecule has 0 fully saturated rings. The van der Waals surface area contributed by atoms with Crippen LogP contribution in [-0.2, 0) is 0 Å². The van der Waals surface area contributed by atoms with E-state index in [1.807, 2.05) is 6.07 Å². The van der Waals surface area contributed by atoms with Crippen molar-refractivity contribution in [1.82, 2.24) is 5.16 Å². The monoisotopic (exact) mass is 251 g/mol. The van der Waals surface area contributed by atoms with Gasteiger partial charge in [0.2, 0.25) is 5.88 Å². The number of anilines is 1. The average molecular weight is 251 g/mol. The third-order valence-electron chi connectivity index (χ3n) is 2.58. The topological polar surface area (TPSA) is 123 Å². The molecule has 92 valence electrons. The minimum atomic E-state index is -1.20. The lowest BCUT2D eigenvalue weighted by molar-refractivity contribution is 0.439. The van der Waals surface area contributed by atoms with Crippen LogP contribution in [0.15, 0.2) is 34.9 Å². The SMILES string of the molecule is N#CC(C#N)C(=N)c1c(-c2ccccc2)noc1N. The van der Waals surface area contributed by atoms with E-state index < -0.39 is 5.92 Å². The van der Waals surface area contributed by atoms with Crippen molar-refractivity contribution in [3.05, 3.63) is 35.9 Å². The molecule has 0 aliphatic rings. The van der Waals surface area contributed by atoms with Gasteiger partial charge in [-0.2, -0.15) is 10.5 Å². The minimum Gasteiger partial charge on any atom is -0.367 e. The van der Waals surface area contributed by atoms with Crippen LogP contribution in [-0.4, -0.2) is 10.9 Å². The quantitative estimate of drug-likeness (QED) is 0.807. The first-order chi connectivity index (χ1) is 9.19. The normalized spacial score (nSPS) is 9.84. The Morgan fingerprint density at radius 1 is 1.26 bits per heavy atom. The first kappa shape index (κ1) is 12.3. The highest BCUT2D eigenvalue weighted by atomic mass is 16.5. The van der Waals surface area contributed by atoms with Crippen LogP contribution in [0.1, 0.15) is 5.56 Å². The molecule has 0 aliphatic heterocycles. The minimum absolute atomic E-state index is 0.0700. The second-order valence-corrected chi connectivity index (χ2v) is 3.74. The molecule has 6 heteroatoms. The van der Waals surface area contributed by atoms with E-state index in [4.69, 9.17) is 26.2 Å². The zero-order chi connectivity index (χ0) is 13.8. The summed E-state index contributed by atoms with van der Waals surface area (Å²) in [6.07, 6.45) is 0. The number of nitrogens with zero attached hydrogens (tertiary/aromatic N) is 3. The molecule has 0 spiro atoms. The van der Waals surface area contributed by atoms with Crippen molar-refractivity contribution in [1.29, 1.82) is 15.9 Å². The van der Waals surface area contributed by atoms with Crippen molar-refractivity contribution >= 4 is 11.6 Å². The summed E-state index contributed by atoms with van der Waals surface area (Å²) in [5, 5.41) is 29.4. The van der Waals surface area contributed by atoms with Gasteiger partial charge in [0, 0.05) is 5.56 Å². The molecule has 1 aromatic heterocycles. The fourth-order valence-electron chi connectivity index (χ4n) is 1.66. The van der Waals surface area contributed by atoms with Crippen molar-refractivity contribution < 1.29 is 4.52 Å². The summed E-state index contributed by atoms with van der Waals surface area (Å²) in [7, 11) is 0. The van der Waals surface area contributed by atoms with Crippen LogP contribution in [0, 0.1) is 34.0 Å². The molecule has 1 aromatic carbocycles. The van der Waals surface area contributed by atoms with Gasteiger partial charge in [-0.15, -0.1) is 0 Å².